The van der Waals surface area contributed by atoms with Crippen molar-refractivity contribution in [3.05, 3.63) is 46.3 Å². The molecule has 0 bridgehead atoms. The van der Waals surface area contributed by atoms with Crippen LogP contribution in [0.4, 0.5) is 5.69 Å². The van der Waals surface area contributed by atoms with E-state index in [1.807, 2.05) is 39.0 Å². The number of hydrogen-bond acceptors (Lipinski definition) is 4. The number of rotatable bonds is 7. The summed E-state index contributed by atoms with van der Waals surface area (Å²) in [4.78, 5) is 18.3. The molecule has 0 unspecified atom stereocenters. The third-order valence-electron chi connectivity index (χ3n) is 4.86. The largest absolute Gasteiger partial charge is 0.365 e. The first kappa shape index (κ1) is 21.3. The molecule has 1 aliphatic carbocycles. The number of carbonyl (C=O) groups is 1. The van der Waals surface area contributed by atoms with E-state index in [0.29, 0.717) is 11.4 Å². The topological polar surface area (TPSA) is 53.5 Å². The van der Waals surface area contributed by atoms with Gasteiger partial charge in [0, 0.05) is 27.3 Å². The van der Waals surface area contributed by atoms with E-state index >= 15 is 0 Å². The molecule has 5 heteroatoms. The van der Waals surface area contributed by atoms with Crippen molar-refractivity contribution in [3.63, 3.8) is 0 Å². The van der Waals surface area contributed by atoms with E-state index in [2.05, 4.69) is 55.7 Å². The van der Waals surface area contributed by atoms with Gasteiger partial charge in [-0.15, -0.1) is 12.6 Å². The molecule has 0 saturated heterocycles. The predicted molar refractivity (Wildman–Crippen MR) is 118 cm³/mol. The first-order chi connectivity index (χ1) is 12.6. The van der Waals surface area contributed by atoms with Crippen molar-refractivity contribution >= 4 is 30.9 Å². The van der Waals surface area contributed by atoms with Crippen molar-refractivity contribution in [2.45, 2.75) is 64.8 Å². The van der Waals surface area contributed by atoms with Crippen LogP contribution in [0.3, 0.4) is 0 Å². The molecule has 0 atom stereocenters. The Labute approximate surface area is 168 Å². The lowest BCUT2D eigenvalue weighted by Gasteiger charge is -2.23. The molecule has 4 nitrogen and oxygen atoms in total. The van der Waals surface area contributed by atoms with E-state index in [0.717, 1.165) is 40.1 Å². The van der Waals surface area contributed by atoms with Crippen LogP contribution in [0.25, 0.3) is 0 Å². The Balaban J connectivity index is 2.43. The van der Waals surface area contributed by atoms with Gasteiger partial charge in [0.05, 0.1) is 0 Å². The van der Waals surface area contributed by atoms with Crippen LogP contribution < -0.4 is 10.6 Å². The number of allylic oxidation sites excluding steroid dienone is 1. The van der Waals surface area contributed by atoms with Gasteiger partial charge in [-0.2, -0.15) is 0 Å². The maximum absolute atomic E-state index is 13.2. The fraction of sp³-hybridized carbons (Fsp3) is 0.455. The van der Waals surface area contributed by atoms with Crippen LogP contribution in [-0.4, -0.2) is 18.2 Å². The van der Waals surface area contributed by atoms with E-state index in [-0.39, 0.29) is 17.4 Å². The zero-order chi connectivity index (χ0) is 20.4. The summed E-state index contributed by atoms with van der Waals surface area (Å²) in [5, 5.41) is 6.52. The monoisotopic (exact) mass is 385 g/mol. The van der Waals surface area contributed by atoms with Crippen molar-refractivity contribution in [1.29, 1.82) is 0 Å². The molecular formula is C22H31N3OS. The highest BCUT2D eigenvalue weighted by atomic mass is 32.1. The van der Waals surface area contributed by atoms with E-state index < -0.39 is 0 Å². The Morgan fingerprint density at radius 2 is 1.93 bits per heavy atom. The standard InChI is InChI=1S/C22H31N3OS/c1-13(2)18(20(23-7)25-22(6)10-11-22)19(14(3)4)21(26)24-16-8-9-17(27)15(5)12-16/h8-9,12-13,25,27H,7,10-11H2,1-6H3,(H,24,26)/b20-18-. The minimum atomic E-state index is -0.131. The molecule has 2 N–H and O–H groups in total. The highest BCUT2D eigenvalue weighted by Crippen LogP contribution is 2.37. The summed E-state index contributed by atoms with van der Waals surface area (Å²) in [6.07, 6.45) is 2.20. The number of aliphatic imine (C=N–C) groups is 1. The molecule has 0 radical (unpaired) electrons. The van der Waals surface area contributed by atoms with Gasteiger partial charge < -0.3 is 10.6 Å². The van der Waals surface area contributed by atoms with Crippen molar-refractivity contribution in [1.82, 2.24) is 5.32 Å². The van der Waals surface area contributed by atoms with Gasteiger partial charge in [-0.1, -0.05) is 19.4 Å². The molecule has 0 spiro atoms. The Kier molecular flexibility index (Phi) is 6.58. The number of anilines is 1. The average molecular weight is 386 g/mol. The predicted octanol–water partition coefficient (Wildman–Crippen LogP) is 5.27. The number of carbonyl (C=O) groups excluding carboxylic acids is 1. The molecule has 1 amide bonds. The number of hydrogen-bond donors (Lipinski definition) is 3. The number of amides is 1. The zero-order valence-electron chi connectivity index (χ0n) is 17.2. The molecule has 27 heavy (non-hydrogen) atoms. The third-order valence-corrected chi connectivity index (χ3v) is 5.36. The molecule has 1 fully saturated rings. The van der Waals surface area contributed by atoms with Crippen molar-refractivity contribution < 1.29 is 4.79 Å². The van der Waals surface area contributed by atoms with E-state index in [9.17, 15) is 4.79 Å². The molecule has 1 saturated carbocycles. The van der Waals surface area contributed by atoms with Crippen LogP contribution in [0.15, 0.2) is 50.6 Å². The Hall–Kier alpha value is -2.01. The van der Waals surface area contributed by atoms with Gasteiger partial charge in [0.2, 0.25) is 0 Å². The van der Waals surface area contributed by atoms with Crippen LogP contribution >= 0.6 is 12.6 Å². The molecule has 2 rings (SSSR count). The van der Waals surface area contributed by atoms with Gasteiger partial charge in [-0.3, -0.25) is 4.79 Å². The van der Waals surface area contributed by atoms with Gasteiger partial charge >= 0.3 is 0 Å². The Morgan fingerprint density at radius 3 is 2.37 bits per heavy atom. The highest BCUT2D eigenvalue weighted by molar-refractivity contribution is 7.80. The summed E-state index contributed by atoms with van der Waals surface area (Å²) in [5.41, 5.74) is 4.34. The Bertz CT molecular complexity index is 813. The molecule has 146 valence electrons. The summed E-state index contributed by atoms with van der Waals surface area (Å²) in [5.74, 6) is 0.699. The van der Waals surface area contributed by atoms with Gasteiger partial charge in [0.15, 0.2) is 0 Å². The number of thiol groups is 1. The lowest BCUT2D eigenvalue weighted by molar-refractivity contribution is -0.112. The van der Waals surface area contributed by atoms with E-state index in [1.54, 1.807) is 0 Å². The molecular weight excluding hydrogens is 354 g/mol. The second-order valence-corrected chi connectivity index (χ2v) is 8.57. The van der Waals surface area contributed by atoms with Crippen molar-refractivity contribution in [2.75, 3.05) is 5.32 Å². The smallest absolute Gasteiger partial charge is 0.256 e. The van der Waals surface area contributed by atoms with Crippen molar-refractivity contribution in [3.8, 4) is 0 Å². The maximum Gasteiger partial charge on any atom is 0.256 e. The van der Waals surface area contributed by atoms with Gasteiger partial charge in [0.1, 0.15) is 5.82 Å². The van der Waals surface area contributed by atoms with Crippen LogP contribution in [0.5, 0.6) is 0 Å². The maximum atomic E-state index is 13.2. The fourth-order valence-corrected chi connectivity index (χ4v) is 3.16. The van der Waals surface area contributed by atoms with Crippen LogP contribution in [0, 0.1) is 12.8 Å². The number of aryl methyl sites for hydroxylation is 1. The molecule has 1 aromatic rings. The van der Waals surface area contributed by atoms with Gasteiger partial charge in [-0.25, -0.2) is 4.99 Å². The van der Waals surface area contributed by atoms with Gasteiger partial charge in [0.25, 0.3) is 5.91 Å². The first-order valence-electron chi connectivity index (χ1n) is 9.36. The number of nitrogens with zero attached hydrogens (tertiary/aromatic N) is 1. The summed E-state index contributed by atoms with van der Waals surface area (Å²) >= 11 is 4.40. The summed E-state index contributed by atoms with van der Waals surface area (Å²) in [6.45, 7) is 16.0. The molecule has 1 aromatic carbocycles. The van der Waals surface area contributed by atoms with Crippen LogP contribution in [0.2, 0.25) is 0 Å². The van der Waals surface area contributed by atoms with Crippen LogP contribution in [0.1, 0.15) is 53.0 Å². The summed E-state index contributed by atoms with van der Waals surface area (Å²) in [6, 6.07) is 5.68. The summed E-state index contributed by atoms with van der Waals surface area (Å²) in [7, 11) is 0. The van der Waals surface area contributed by atoms with Crippen molar-refractivity contribution in [2.24, 2.45) is 10.9 Å². The van der Waals surface area contributed by atoms with Crippen LogP contribution in [-0.2, 0) is 4.79 Å². The van der Waals surface area contributed by atoms with Gasteiger partial charge in [-0.05, 0) is 76.9 Å². The number of benzene rings is 1. The normalized spacial score (nSPS) is 15.7. The second kappa shape index (κ2) is 8.34. The molecule has 0 aromatic heterocycles. The minimum absolute atomic E-state index is 0.0550. The molecule has 1 aliphatic rings. The lowest BCUT2D eigenvalue weighted by Crippen LogP contribution is -2.30. The first-order valence-corrected chi connectivity index (χ1v) is 9.80. The second-order valence-electron chi connectivity index (χ2n) is 8.09. The SMILES string of the molecule is C=N/C(NC1(C)CC1)=C(/C(C(=O)Nc1ccc(S)c(C)c1)=C(C)C)C(C)C. The highest BCUT2D eigenvalue weighted by Gasteiger charge is 2.38. The Morgan fingerprint density at radius 1 is 1.30 bits per heavy atom. The quantitative estimate of drug-likeness (QED) is 0.259. The third kappa shape index (κ3) is 5.25. The molecule has 0 aliphatic heterocycles. The van der Waals surface area contributed by atoms with E-state index in [4.69, 9.17) is 0 Å². The zero-order valence-corrected chi connectivity index (χ0v) is 18.1. The molecule has 0 heterocycles. The number of nitrogens with one attached hydrogen (secondary N) is 2. The minimum Gasteiger partial charge on any atom is -0.365 e. The van der Waals surface area contributed by atoms with E-state index in [1.165, 1.54) is 0 Å². The summed E-state index contributed by atoms with van der Waals surface area (Å²) < 4.78 is 0. The fourth-order valence-electron chi connectivity index (χ4n) is 3.02. The lowest BCUT2D eigenvalue weighted by atomic mass is 9.91. The average Bonchev–Trinajstić information content (AvgIpc) is 3.30.